The molecule has 1 saturated heterocycles. The van der Waals surface area contributed by atoms with Crippen LogP contribution in [0.5, 0.6) is 11.6 Å². The number of hydrogen-bond donors (Lipinski definition) is 1. The lowest BCUT2D eigenvalue weighted by Crippen LogP contribution is -2.46. The van der Waals surface area contributed by atoms with Gasteiger partial charge in [-0.25, -0.2) is 19.1 Å². The Morgan fingerprint density at radius 1 is 1.16 bits per heavy atom. The number of pyridine rings is 2. The molecule has 0 aliphatic carbocycles. The number of amides is 1. The summed E-state index contributed by atoms with van der Waals surface area (Å²) in [6.45, 7) is 7.60. The Hall–Kier alpha value is -3.57. The van der Waals surface area contributed by atoms with Gasteiger partial charge in [0, 0.05) is 17.8 Å². The van der Waals surface area contributed by atoms with E-state index in [1.54, 1.807) is 12.1 Å². The molecule has 1 amide bonds. The molecule has 38 heavy (non-hydrogen) atoms. The lowest BCUT2D eigenvalue weighted by atomic mass is 9.84. The molecule has 1 aliphatic heterocycles. The zero-order chi connectivity index (χ0) is 27.3. The number of nitrogens with one attached hydrogen (secondary N) is 1. The fourth-order valence-corrected chi connectivity index (χ4v) is 4.59. The van der Waals surface area contributed by atoms with Crippen molar-refractivity contribution >= 4 is 15.9 Å². The maximum Gasteiger partial charge on any atom is 0.281 e. The number of sulfonamides is 1. The van der Waals surface area contributed by atoms with Crippen molar-refractivity contribution in [3.63, 3.8) is 0 Å². The summed E-state index contributed by atoms with van der Waals surface area (Å²) in [5, 5.41) is -0.300. The van der Waals surface area contributed by atoms with Crippen LogP contribution < -0.4 is 14.2 Å². The van der Waals surface area contributed by atoms with Crippen molar-refractivity contribution in [2.24, 2.45) is 11.3 Å². The molecule has 0 radical (unpaired) electrons. The minimum absolute atomic E-state index is 0.0788. The largest absolute Gasteiger partial charge is 0.493 e. The van der Waals surface area contributed by atoms with Crippen molar-refractivity contribution in [3.05, 3.63) is 66.1 Å². The van der Waals surface area contributed by atoms with Gasteiger partial charge in [-0.05, 0) is 48.7 Å². The summed E-state index contributed by atoms with van der Waals surface area (Å²) >= 11 is 0. The molecule has 0 bridgehead atoms. The van der Waals surface area contributed by atoms with E-state index < -0.39 is 21.7 Å². The molecule has 1 N–H and O–H groups in total. The lowest BCUT2D eigenvalue weighted by Gasteiger charge is -2.40. The monoisotopic (exact) mass is 543 g/mol. The van der Waals surface area contributed by atoms with E-state index in [1.165, 1.54) is 42.6 Å². The Morgan fingerprint density at radius 2 is 1.95 bits per heavy atom. The van der Waals surface area contributed by atoms with E-state index in [1.807, 2.05) is 25.5 Å². The molecule has 1 aliphatic rings. The van der Waals surface area contributed by atoms with Gasteiger partial charge in [0.25, 0.3) is 15.9 Å². The number of halogens is 1. The summed E-state index contributed by atoms with van der Waals surface area (Å²) in [6, 6.07) is 11.5. The molecule has 2 aromatic heterocycles. The number of carbonyl (C=O) groups excluding carboxylic acids is 1. The van der Waals surface area contributed by atoms with Crippen molar-refractivity contribution in [1.29, 1.82) is 0 Å². The van der Waals surface area contributed by atoms with Crippen molar-refractivity contribution in [1.82, 2.24) is 14.7 Å². The van der Waals surface area contributed by atoms with Gasteiger partial charge in [-0.1, -0.05) is 26.8 Å². The second kappa shape index (κ2) is 11.4. The van der Waals surface area contributed by atoms with E-state index in [9.17, 15) is 17.6 Å². The molecular formula is C27H30FN3O6S. The normalized spacial score (nSPS) is 14.6. The summed E-state index contributed by atoms with van der Waals surface area (Å²) in [5.41, 5.74) is 0.419. The van der Waals surface area contributed by atoms with Crippen LogP contribution in [-0.4, -0.2) is 50.7 Å². The molecule has 1 fully saturated rings. The fraction of sp³-hybridized carbons (Fsp3) is 0.370. The highest BCUT2D eigenvalue weighted by Crippen LogP contribution is 2.33. The van der Waals surface area contributed by atoms with Crippen LogP contribution in [0.1, 0.15) is 37.6 Å². The van der Waals surface area contributed by atoms with Crippen LogP contribution in [0.15, 0.2) is 59.8 Å². The highest BCUT2D eigenvalue weighted by atomic mass is 32.2. The predicted molar refractivity (Wildman–Crippen MR) is 138 cm³/mol. The topological polar surface area (TPSA) is 117 Å². The van der Waals surface area contributed by atoms with Gasteiger partial charge in [0.2, 0.25) is 5.88 Å². The Balaban J connectivity index is 1.67. The van der Waals surface area contributed by atoms with Crippen LogP contribution >= 0.6 is 0 Å². The molecule has 202 valence electrons. The summed E-state index contributed by atoms with van der Waals surface area (Å²) in [7, 11) is -4.23. The fourth-order valence-electron chi connectivity index (χ4n) is 3.68. The Morgan fingerprint density at radius 3 is 2.58 bits per heavy atom. The Kier molecular flexibility index (Phi) is 8.27. The first kappa shape index (κ1) is 27.5. The molecule has 11 heteroatoms. The minimum atomic E-state index is -4.23. The van der Waals surface area contributed by atoms with E-state index in [2.05, 4.69) is 9.97 Å². The van der Waals surface area contributed by atoms with Gasteiger partial charge < -0.3 is 14.2 Å². The van der Waals surface area contributed by atoms with Crippen molar-refractivity contribution in [2.75, 3.05) is 26.4 Å². The maximum atomic E-state index is 14.4. The third-order valence-electron chi connectivity index (χ3n) is 6.08. The van der Waals surface area contributed by atoms with Crippen molar-refractivity contribution in [2.45, 2.75) is 32.2 Å². The molecular weight excluding hydrogens is 513 g/mol. The van der Waals surface area contributed by atoms with Crippen LogP contribution in [0, 0.1) is 17.2 Å². The standard InChI is InChI=1S/C27H30FN3O6S/c1-4-27(15-35-16-27)17-37-26-22(25(32)31-38(33,34)24-7-5-6-10-29-24)8-9-23(30-26)19-11-20(28)13-21(12-19)36-14-18(2)3/h5-13,18H,4,14-17H2,1-3H3,(H,31,32). The highest BCUT2D eigenvalue weighted by molar-refractivity contribution is 7.90. The molecule has 3 heterocycles. The maximum absolute atomic E-state index is 14.4. The van der Waals surface area contributed by atoms with E-state index in [4.69, 9.17) is 14.2 Å². The SMILES string of the molecule is CCC1(COc2nc(-c3cc(F)cc(OCC(C)C)c3)ccc2C(=O)NS(=O)(=O)c2ccccn2)COC1. The van der Waals surface area contributed by atoms with E-state index in [-0.39, 0.29) is 34.4 Å². The van der Waals surface area contributed by atoms with Gasteiger partial charge in [0.15, 0.2) is 5.03 Å². The Labute approximate surface area is 221 Å². The smallest absolute Gasteiger partial charge is 0.281 e. The molecule has 4 rings (SSSR count). The third kappa shape index (κ3) is 6.46. The highest BCUT2D eigenvalue weighted by Gasteiger charge is 2.38. The van der Waals surface area contributed by atoms with Crippen molar-refractivity contribution in [3.8, 4) is 22.9 Å². The van der Waals surface area contributed by atoms with E-state index in [0.717, 1.165) is 6.42 Å². The zero-order valence-electron chi connectivity index (χ0n) is 21.4. The van der Waals surface area contributed by atoms with E-state index >= 15 is 0 Å². The molecule has 1 aromatic carbocycles. The van der Waals surface area contributed by atoms with Gasteiger partial charge in [-0.2, -0.15) is 8.42 Å². The first-order valence-electron chi connectivity index (χ1n) is 12.2. The first-order chi connectivity index (χ1) is 18.1. The number of ether oxygens (including phenoxy) is 3. The average molecular weight is 544 g/mol. The minimum Gasteiger partial charge on any atom is -0.493 e. The number of rotatable bonds is 11. The Bertz CT molecular complexity index is 1390. The molecule has 0 spiro atoms. The second-order valence-corrected chi connectivity index (χ2v) is 11.3. The number of hydrogen-bond acceptors (Lipinski definition) is 8. The zero-order valence-corrected chi connectivity index (χ0v) is 22.3. The summed E-state index contributed by atoms with van der Waals surface area (Å²) < 4.78 is 58.8. The number of nitrogens with zero attached hydrogens (tertiary/aromatic N) is 2. The summed E-state index contributed by atoms with van der Waals surface area (Å²) in [4.78, 5) is 21.4. The number of aromatic nitrogens is 2. The first-order valence-corrected chi connectivity index (χ1v) is 13.7. The number of carbonyl (C=O) groups is 1. The quantitative estimate of drug-likeness (QED) is 0.382. The van der Waals surface area contributed by atoms with Crippen LogP contribution in [0.4, 0.5) is 4.39 Å². The third-order valence-corrected chi connectivity index (χ3v) is 7.32. The van der Waals surface area contributed by atoms with Gasteiger partial charge in [0.05, 0.1) is 37.5 Å². The van der Waals surface area contributed by atoms with Crippen LogP contribution in [0.2, 0.25) is 0 Å². The van der Waals surface area contributed by atoms with Crippen LogP contribution in [0.25, 0.3) is 11.3 Å². The van der Waals surface area contributed by atoms with Crippen molar-refractivity contribution < 1.29 is 31.8 Å². The van der Waals surface area contributed by atoms with Gasteiger partial charge in [-0.3, -0.25) is 4.79 Å². The van der Waals surface area contributed by atoms with E-state index in [0.29, 0.717) is 36.8 Å². The molecule has 0 atom stereocenters. The summed E-state index contributed by atoms with van der Waals surface area (Å²) in [5.74, 6) is -0.922. The number of benzene rings is 1. The second-order valence-electron chi connectivity index (χ2n) is 9.67. The van der Waals surface area contributed by atoms with Gasteiger partial charge in [0.1, 0.15) is 17.1 Å². The summed E-state index contributed by atoms with van der Waals surface area (Å²) in [6.07, 6.45) is 2.09. The lowest BCUT2D eigenvalue weighted by molar-refractivity contribution is -0.134. The van der Waals surface area contributed by atoms with Gasteiger partial charge >= 0.3 is 0 Å². The van der Waals surface area contributed by atoms with Crippen LogP contribution in [-0.2, 0) is 14.8 Å². The van der Waals surface area contributed by atoms with Crippen LogP contribution in [0.3, 0.4) is 0 Å². The molecule has 9 nitrogen and oxygen atoms in total. The molecule has 0 saturated carbocycles. The molecule has 0 unspecified atom stereocenters. The average Bonchev–Trinajstić information content (AvgIpc) is 2.87. The van der Waals surface area contributed by atoms with Gasteiger partial charge in [-0.15, -0.1) is 0 Å². The predicted octanol–water partition coefficient (Wildman–Crippen LogP) is 4.24. The molecule has 3 aromatic rings.